The average Bonchev–Trinajstić information content (AvgIpc) is 2.45. The van der Waals surface area contributed by atoms with Crippen LogP contribution in [0.2, 0.25) is 0 Å². The molecule has 2 rings (SSSR count). The molecular formula is C18H22BrN. The Kier molecular flexibility index (Phi) is 5.24. The van der Waals surface area contributed by atoms with Gasteiger partial charge in [0.1, 0.15) is 0 Å². The van der Waals surface area contributed by atoms with Crippen molar-refractivity contribution in [3.8, 4) is 0 Å². The summed E-state index contributed by atoms with van der Waals surface area (Å²) in [4.78, 5) is 2.35. The summed E-state index contributed by atoms with van der Waals surface area (Å²) in [6.07, 6.45) is 0. The zero-order valence-corrected chi connectivity index (χ0v) is 14.0. The van der Waals surface area contributed by atoms with Crippen molar-refractivity contribution in [3.63, 3.8) is 0 Å². The van der Waals surface area contributed by atoms with Gasteiger partial charge in [-0.2, -0.15) is 0 Å². The first kappa shape index (κ1) is 15.1. The number of nitrogens with zero attached hydrogens (tertiary/aromatic N) is 1. The third-order valence-corrected chi connectivity index (χ3v) is 4.50. The van der Waals surface area contributed by atoms with Gasteiger partial charge in [0.2, 0.25) is 0 Å². The molecule has 2 aromatic rings. The van der Waals surface area contributed by atoms with Crippen LogP contribution in [0.5, 0.6) is 0 Å². The van der Waals surface area contributed by atoms with Gasteiger partial charge in [0.25, 0.3) is 0 Å². The lowest BCUT2D eigenvalue weighted by Crippen LogP contribution is -2.25. The van der Waals surface area contributed by atoms with Crippen molar-refractivity contribution in [1.82, 2.24) is 0 Å². The number of likely N-dealkylation sites (N-methyl/N-ethyl adjacent to an activating group) is 1. The van der Waals surface area contributed by atoms with Gasteiger partial charge in [-0.3, -0.25) is 0 Å². The van der Waals surface area contributed by atoms with E-state index < -0.39 is 0 Å². The average molecular weight is 332 g/mol. The standard InChI is InChI=1S/C18H22BrN/c1-14-9-10-18(15(2)11-14)20(3)13-17(12-19)16-7-5-4-6-8-16/h4-11,17H,12-13H2,1-3H3. The Labute approximate surface area is 130 Å². The highest BCUT2D eigenvalue weighted by Crippen LogP contribution is 2.25. The Hall–Kier alpha value is -1.28. The summed E-state index contributed by atoms with van der Waals surface area (Å²) >= 11 is 3.66. The summed E-state index contributed by atoms with van der Waals surface area (Å²) in [5, 5.41) is 0.978. The molecule has 0 spiro atoms. The first-order valence-electron chi connectivity index (χ1n) is 7.01. The van der Waals surface area contributed by atoms with Gasteiger partial charge >= 0.3 is 0 Å². The molecule has 1 atom stereocenters. The normalized spacial score (nSPS) is 12.2. The van der Waals surface area contributed by atoms with Crippen LogP contribution in [0.4, 0.5) is 5.69 Å². The van der Waals surface area contributed by atoms with E-state index in [4.69, 9.17) is 0 Å². The maximum atomic E-state index is 3.66. The van der Waals surface area contributed by atoms with Crippen molar-refractivity contribution >= 4 is 21.6 Å². The molecule has 0 radical (unpaired) electrons. The van der Waals surface area contributed by atoms with Crippen LogP contribution in [0.1, 0.15) is 22.6 Å². The Balaban J connectivity index is 2.15. The predicted octanol–water partition coefficient (Wildman–Crippen LogP) is 4.92. The number of alkyl halides is 1. The largest absolute Gasteiger partial charge is 0.374 e. The first-order chi connectivity index (χ1) is 9.61. The Morgan fingerprint density at radius 2 is 1.75 bits per heavy atom. The molecule has 20 heavy (non-hydrogen) atoms. The smallest absolute Gasteiger partial charge is 0.0393 e. The van der Waals surface area contributed by atoms with Crippen LogP contribution in [-0.4, -0.2) is 18.9 Å². The summed E-state index contributed by atoms with van der Waals surface area (Å²) in [5.41, 5.74) is 5.37. The highest BCUT2D eigenvalue weighted by molar-refractivity contribution is 9.09. The molecule has 106 valence electrons. The number of hydrogen-bond donors (Lipinski definition) is 0. The Morgan fingerprint density at radius 1 is 1.05 bits per heavy atom. The fourth-order valence-corrected chi connectivity index (χ4v) is 3.21. The minimum absolute atomic E-state index is 0.502. The summed E-state index contributed by atoms with van der Waals surface area (Å²) in [7, 11) is 2.18. The van der Waals surface area contributed by atoms with Gasteiger partial charge in [-0.15, -0.1) is 0 Å². The molecule has 0 heterocycles. The molecule has 0 aromatic heterocycles. The molecule has 0 saturated carbocycles. The monoisotopic (exact) mass is 331 g/mol. The first-order valence-corrected chi connectivity index (χ1v) is 8.13. The van der Waals surface area contributed by atoms with Crippen molar-refractivity contribution in [3.05, 3.63) is 65.2 Å². The van der Waals surface area contributed by atoms with Gasteiger partial charge in [0, 0.05) is 30.5 Å². The maximum Gasteiger partial charge on any atom is 0.0393 e. The highest BCUT2D eigenvalue weighted by Gasteiger charge is 2.14. The van der Waals surface area contributed by atoms with Gasteiger partial charge in [-0.1, -0.05) is 64.0 Å². The molecule has 2 heteroatoms. The van der Waals surface area contributed by atoms with Crippen molar-refractivity contribution in [2.45, 2.75) is 19.8 Å². The lowest BCUT2D eigenvalue weighted by atomic mass is 10.00. The minimum Gasteiger partial charge on any atom is -0.374 e. The van der Waals surface area contributed by atoms with E-state index in [1.165, 1.54) is 22.4 Å². The highest BCUT2D eigenvalue weighted by atomic mass is 79.9. The summed E-state index contributed by atoms with van der Waals surface area (Å²) in [6.45, 7) is 5.34. The summed E-state index contributed by atoms with van der Waals surface area (Å²) in [5.74, 6) is 0.502. The minimum atomic E-state index is 0.502. The van der Waals surface area contributed by atoms with Gasteiger partial charge in [0.15, 0.2) is 0 Å². The zero-order valence-electron chi connectivity index (χ0n) is 12.4. The number of benzene rings is 2. The van der Waals surface area contributed by atoms with E-state index in [2.05, 4.69) is 90.3 Å². The lowest BCUT2D eigenvalue weighted by molar-refractivity contribution is 0.745. The molecule has 1 unspecified atom stereocenters. The zero-order chi connectivity index (χ0) is 14.5. The van der Waals surface area contributed by atoms with Gasteiger partial charge in [-0.25, -0.2) is 0 Å². The summed E-state index contributed by atoms with van der Waals surface area (Å²) in [6, 6.07) is 17.4. The Morgan fingerprint density at radius 3 is 2.35 bits per heavy atom. The van der Waals surface area contributed by atoms with Crippen molar-refractivity contribution in [1.29, 1.82) is 0 Å². The number of hydrogen-bond acceptors (Lipinski definition) is 1. The topological polar surface area (TPSA) is 3.24 Å². The molecule has 0 amide bonds. The maximum absolute atomic E-state index is 3.66. The third kappa shape index (κ3) is 3.63. The van der Waals surface area contributed by atoms with Crippen LogP contribution in [0.15, 0.2) is 48.5 Å². The van der Waals surface area contributed by atoms with E-state index in [1.807, 2.05) is 0 Å². The van der Waals surface area contributed by atoms with Gasteiger partial charge in [-0.05, 0) is 31.0 Å². The van der Waals surface area contributed by atoms with Crippen molar-refractivity contribution < 1.29 is 0 Å². The molecular weight excluding hydrogens is 310 g/mol. The fraction of sp³-hybridized carbons (Fsp3) is 0.333. The fourth-order valence-electron chi connectivity index (χ4n) is 2.63. The van der Waals surface area contributed by atoms with E-state index in [0.29, 0.717) is 5.92 Å². The summed E-state index contributed by atoms with van der Waals surface area (Å²) < 4.78 is 0. The molecule has 0 N–H and O–H groups in total. The number of halogens is 1. The molecule has 0 fully saturated rings. The van der Waals surface area contributed by atoms with Crippen LogP contribution in [0.25, 0.3) is 0 Å². The van der Waals surface area contributed by atoms with E-state index >= 15 is 0 Å². The quantitative estimate of drug-likeness (QED) is 0.703. The third-order valence-electron chi connectivity index (χ3n) is 3.72. The Bertz CT molecular complexity index is 551. The second-order valence-corrected chi connectivity index (χ2v) is 6.08. The molecule has 0 aliphatic heterocycles. The van der Waals surface area contributed by atoms with Crippen LogP contribution >= 0.6 is 15.9 Å². The second kappa shape index (κ2) is 6.94. The van der Waals surface area contributed by atoms with E-state index in [9.17, 15) is 0 Å². The number of aryl methyl sites for hydroxylation is 2. The molecule has 0 bridgehead atoms. The van der Waals surface area contributed by atoms with Crippen LogP contribution in [0, 0.1) is 13.8 Å². The lowest BCUT2D eigenvalue weighted by Gasteiger charge is -2.26. The molecule has 0 aliphatic rings. The van der Waals surface area contributed by atoms with E-state index in [1.54, 1.807) is 0 Å². The molecule has 2 aromatic carbocycles. The SMILES string of the molecule is Cc1ccc(N(C)CC(CBr)c2ccccc2)c(C)c1. The number of anilines is 1. The van der Waals surface area contributed by atoms with Crippen LogP contribution in [-0.2, 0) is 0 Å². The van der Waals surface area contributed by atoms with Gasteiger partial charge < -0.3 is 4.90 Å². The number of rotatable bonds is 5. The predicted molar refractivity (Wildman–Crippen MR) is 92.2 cm³/mol. The molecule has 0 saturated heterocycles. The molecule has 0 aliphatic carbocycles. The van der Waals surface area contributed by atoms with Gasteiger partial charge in [0.05, 0.1) is 0 Å². The van der Waals surface area contributed by atoms with Crippen LogP contribution < -0.4 is 4.90 Å². The second-order valence-electron chi connectivity index (χ2n) is 5.43. The van der Waals surface area contributed by atoms with Crippen molar-refractivity contribution in [2.75, 3.05) is 23.8 Å². The van der Waals surface area contributed by atoms with E-state index in [-0.39, 0.29) is 0 Å². The molecule has 1 nitrogen and oxygen atoms in total. The van der Waals surface area contributed by atoms with Crippen molar-refractivity contribution in [2.24, 2.45) is 0 Å². The van der Waals surface area contributed by atoms with Crippen LogP contribution in [0.3, 0.4) is 0 Å². The van der Waals surface area contributed by atoms with E-state index in [0.717, 1.165) is 11.9 Å².